The van der Waals surface area contributed by atoms with E-state index in [0.29, 0.717) is 30.7 Å². The van der Waals surface area contributed by atoms with Gasteiger partial charge in [0.1, 0.15) is 22.3 Å². The summed E-state index contributed by atoms with van der Waals surface area (Å²) in [6.45, 7) is 2.35. The van der Waals surface area contributed by atoms with E-state index in [1.54, 1.807) is 34.8 Å². The molecule has 1 unspecified atom stereocenters. The van der Waals surface area contributed by atoms with Crippen LogP contribution in [0.1, 0.15) is 18.5 Å². The quantitative estimate of drug-likeness (QED) is 0.697. The van der Waals surface area contributed by atoms with E-state index in [2.05, 4.69) is 24.8 Å². The number of aromatic nitrogens is 4. The van der Waals surface area contributed by atoms with E-state index >= 15 is 0 Å². The second-order valence-corrected chi connectivity index (χ2v) is 8.14. The Hall–Kier alpha value is -2.79. The van der Waals surface area contributed by atoms with E-state index in [9.17, 15) is 13.2 Å². The molecule has 0 bridgehead atoms. The molecule has 10 nitrogen and oxygen atoms in total. The lowest BCUT2D eigenvalue weighted by Gasteiger charge is -2.32. The Balaban J connectivity index is 1.62. The maximum atomic E-state index is 12.9. The zero-order chi connectivity index (χ0) is 19.2. The summed E-state index contributed by atoms with van der Waals surface area (Å²) in [6, 6.07) is 5.49. The number of rotatable bonds is 4. The van der Waals surface area contributed by atoms with Gasteiger partial charge in [0.25, 0.3) is 0 Å². The third kappa shape index (κ3) is 3.08. The molecule has 0 aliphatic carbocycles. The molecule has 2 aromatic heterocycles. The summed E-state index contributed by atoms with van der Waals surface area (Å²) in [5, 5.41) is 11.6. The molecule has 3 aromatic rings. The molecular formula is C16H18N6O4S. The van der Waals surface area contributed by atoms with Crippen LogP contribution in [0.15, 0.2) is 33.8 Å². The van der Waals surface area contributed by atoms with Crippen LogP contribution in [0.4, 0.5) is 5.82 Å². The van der Waals surface area contributed by atoms with Gasteiger partial charge >= 0.3 is 0 Å². The van der Waals surface area contributed by atoms with Gasteiger partial charge in [-0.15, -0.1) is 0 Å². The van der Waals surface area contributed by atoms with Crippen molar-refractivity contribution in [2.45, 2.75) is 30.7 Å². The van der Waals surface area contributed by atoms with Gasteiger partial charge in [-0.1, -0.05) is 6.07 Å². The minimum atomic E-state index is -3.98. The fraction of sp³-hybridized carbons (Fsp3) is 0.375. The first-order valence-corrected chi connectivity index (χ1v) is 9.91. The Morgan fingerprint density at radius 1 is 1.30 bits per heavy atom. The number of anilines is 1. The Morgan fingerprint density at radius 3 is 2.85 bits per heavy atom. The standard InChI is InChI=1S/C16H18N6O4S/c1-10-9-14(21(2)17-10)22-8-4-6-12(16(22)23)20-27(24,25)13-7-3-5-11-15(13)19-26-18-11/h3,5,7,9,12,20H,4,6,8H2,1-2H3. The van der Waals surface area contributed by atoms with Gasteiger partial charge < -0.3 is 0 Å². The number of amides is 1. The maximum Gasteiger partial charge on any atom is 0.246 e. The normalized spacial score (nSPS) is 18.4. The van der Waals surface area contributed by atoms with Crippen LogP contribution in [0.3, 0.4) is 0 Å². The van der Waals surface area contributed by atoms with E-state index < -0.39 is 16.1 Å². The zero-order valence-electron chi connectivity index (χ0n) is 14.8. The fourth-order valence-corrected chi connectivity index (χ4v) is 4.68. The Labute approximate surface area is 155 Å². The number of sulfonamides is 1. The average Bonchev–Trinajstić information content (AvgIpc) is 3.22. The molecule has 1 saturated heterocycles. The average molecular weight is 390 g/mol. The number of fused-ring (bicyclic) bond motifs is 1. The van der Waals surface area contributed by atoms with Crippen molar-refractivity contribution >= 4 is 32.8 Å². The van der Waals surface area contributed by atoms with Crippen molar-refractivity contribution in [2.75, 3.05) is 11.4 Å². The molecule has 1 aliphatic rings. The van der Waals surface area contributed by atoms with Crippen LogP contribution < -0.4 is 9.62 Å². The first kappa shape index (κ1) is 17.6. The summed E-state index contributed by atoms with van der Waals surface area (Å²) in [7, 11) is -2.23. The molecule has 11 heteroatoms. The molecule has 1 aromatic carbocycles. The van der Waals surface area contributed by atoms with Crippen molar-refractivity contribution in [3.05, 3.63) is 30.0 Å². The van der Waals surface area contributed by atoms with Crippen molar-refractivity contribution in [3.8, 4) is 0 Å². The number of hydrogen-bond acceptors (Lipinski definition) is 7. The van der Waals surface area contributed by atoms with Crippen LogP contribution in [0.2, 0.25) is 0 Å². The summed E-state index contributed by atoms with van der Waals surface area (Å²) >= 11 is 0. The Kier molecular flexibility index (Phi) is 4.19. The predicted molar refractivity (Wildman–Crippen MR) is 95.4 cm³/mol. The van der Waals surface area contributed by atoms with Gasteiger partial charge in [0.15, 0.2) is 5.52 Å². The summed E-state index contributed by atoms with van der Waals surface area (Å²) in [5.74, 6) is 0.336. The zero-order valence-corrected chi connectivity index (χ0v) is 15.6. The van der Waals surface area contributed by atoms with Gasteiger partial charge in [-0.05, 0) is 42.2 Å². The monoisotopic (exact) mass is 390 g/mol. The number of aryl methyl sites for hydroxylation is 2. The summed E-state index contributed by atoms with van der Waals surface area (Å²) < 4.78 is 34.5. The summed E-state index contributed by atoms with van der Waals surface area (Å²) in [6.07, 6.45) is 1.08. The molecule has 3 heterocycles. The summed E-state index contributed by atoms with van der Waals surface area (Å²) in [4.78, 5) is 14.4. The maximum absolute atomic E-state index is 12.9. The number of nitrogens with zero attached hydrogens (tertiary/aromatic N) is 5. The van der Waals surface area contributed by atoms with Crippen molar-refractivity contribution in [3.63, 3.8) is 0 Å². The minimum absolute atomic E-state index is 0.0671. The smallest absolute Gasteiger partial charge is 0.246 e. The van der Waals surface area contributed by atoms with Gasteiger partial charge in [-0.25, -0.2) is 13.0 Å². The number of benzene rings is 1. The molecule has 1 aliphatic heterocycles. The van der Waals surface area contributed by atoms with Gasteiger partial charge in [0.2, 0.25) is 15.9 Å². The SMILES string of the molecule is Cc1cc(N2CCCC(NS(=O)(=O)c3cccc4nonc34)C2=O)n(C)n1. The van der Waals surface area contributed by atoms with Crippen LogP contribution in [0.5, 0.6) is 0 Å². The van der Waals surface area contributed by atoms with Crippen LogP contribution in [0, 0.1) is 6.92 Å². The van der Waals surface area contributed by atoms with Crippen LogP contribution in [0.25, 0.3) is 11.0 Å². The second-order valence-electron chi connectivity index (χ2n) is 6.46. The second kappa shape index (κ2) is 6.43. The molecular weight excluding hydrogens is 372 g/mol. The molecule has 27 heavy (non-hydrogen) atoms. The van der Waals surface area contributed by atoms with E-state index in [1.165, 1.54) is 6.07 Å². The number of hydrogen-bond donors (Lipinski definition) is 1. The first-order valence-electron chi connectivity index (χ1n) is 8.42. The number of piperidine rings is 1. The number of carbonyl (C=O) groups excluding carboxylic acids is 1. The first-order chi connectivity index (χ1) is 12.9. The van der Waals surface area contributed by atoms with Crippen molar-refractivity contribution in [1.82, 2.24) is 24.8 Å². The van der Waals surface area contributed by atoms with Crippen LogP contribution >= 0.6 is 0 Å². The molecule has 0 radical (unpaired) electrons. The highest BCUT2D eigenvalue weighted by Crippen LogP contribution is 2.24. The highest BCUT2D eigenvalue weighted by atomic mass is 32.2. The van der Waals surface area contributed by atoms with Crippen LogP contribution in [-0.2, 0) is 21.9 Å². The molecule has 1 N–H and O–H groups in total. The third-order valence-corrected chi connectivity index (χ3v) is 6.03. The van der Waals surface area contributed by atoms with Gasteiger partial charge in [-0.2, -0.15) is 9.82 Å². The summed E-state index contributed by atoms with van der Waals surface area (Å²) in [5.41, 5.74) is 1.25. The highest BCUT2D eigenvalue weighted by Gasteiger charge is 2.35. The molecule has 0 spiro atoms. The highest BCUT2D eigenvalue weighted by molar-refractivity contribution is 7.89. The molecule has 142 valence electrons. The van der Waals surface area contributed by atoms with Gasteiger partial charge in [0, 0.05) is 19.7 Å². The molecule has 4 rings (SSSR count). The van der Waals surface area contributed by atoms with E-state index in [4.69, 9.17) is 0 Å². The van der Waals surface area contributed by atoms with Crippen LogP contribution in [-0.4, -0.2) is 47.0 Å². The van der Waals surface area contributed by atoms with E-state index in [1.807, 2.05) is 6.92 Å². The topological polar surface area (TPSA) is 123 Å². The Bertz CT molecular complexity index is 1120. The fourth-order valence-electron chi connectivity index (χ4n) is 3.31. The van der Waals surface area contributed by atoms with Crippen molar-refractivity contribution in [1.29, 1.82) is 0 Å². The minimum Gasteiger partial charge on any atom is -0.296 e. The Morgan fingerprint density at radius 2 is 2.11 bits per heavy atom. The molecule has 1 amide bonds. The van der Waals surface area contributed by atoms with Crippen molar-refractivity contribution in [2.24, 2.45) is 7.05 Å². The van der Waals surface area contributed by atoms with E-state index in [0.717, 1.165) is 5.69 Å². The lowest BCUT2D eigenvalue weighted by atomic mass is 10.1. The molecule has 1 atom stereocenters. The van der Waals surface area contributed by atoms with Gasteiger partial charge in [-0.3, -0.25) is 14.4 Å². The van der Waals surface area contributed by atoms with Crippen molar-refractivity contribution < 1.29 is 17.8 Å². The lowest BCUT2D eigenvalue weighted by Crippen LogP contribution is -2.52. The molecule has 1 fully saturated rings. The van der Waals surface area contributed by atoms with Gasteiger partial charge in [0.05, 0.1) is 5.69 Å². The number of nitrogens with one attached hydrogen (secondary N) is 1. The van der Waals surface area contributed by atoms with E-state index in [-0.39, 0.29) is 16.3 Å². The number of carbonyl (C=O) groups is 1. The lowest BCUT2D eigenvalue weighted by molar-refractivity contribution is -0.121. The molecule has 0 saturated carbocycles. The predicted octanol–water partition coefficient (Wildman–Crippen LogP) is 0.739. The third-order valence-electron chi connectivity index (χ3n) is 4.53. The largest absolute Gasteiger partial charge is 0.296 e.